The Labute approximate surface area is 110 Å². The second kappa shape index (κ2) is 9.88. The zero-order chi connectivity index (χ0) is 14.0. The average Bonchev–Trinajstić information content (AvgIpc) is 2.33. The standard InChI is InChI=1S/C13H26N2O3/c1-4-6-9-15(3)10-8-12(16)14-11(7-5-2)13(17)18/h11H,4-10H2,1-3H3,(H,14,16)(H,17,18). The first-order chi connectivity index (χ1) is 8.51. The summed E-state index contributed by atoms with van der Waals surface area (Å²) in [5.41, 5.74) is 0. The van der Waals surface area contributed by atoms with Crippen molar-refractivity contribution in [2.75, 3.05) is 20.1 Å². The predicted octanol–water partition coefficient (Wildman–Crippen LogP) is 1.48. The van der Waals surface area contributed by atoms with Crippen LogP contribution in [0.25, 0.3) is 0 Å². The molecule has 0 spiro atoms. The van der Waals surface area contributed by atoms with Crippen molar-refractivity contribution in [1.82, 2.24) is 10.2 Å². The van der Waals surface area contributed by atoms with Crippen molar-refractivity contribution < 1.29 is 14.7 Å². The normalized spacial score (nSPS) is 12.4. The van der Waals surface area contributed by atoms with Crippen molar-refractivity contribution >= 4 is 11.9 Å². The van der Waals surface area contributed by atoms with Crippen LogP contribution in [0.4, 0.5) is 0 Å². The van der Waals surface area contributed by atoms with E-state index in [-0.39, 0.29) is 5.91 Å². The molecule has 0 aliphatic carbocycles. The van der Waals surface area contributed by atoms with Gasteiger partial charge in [-0.1, -0.05) is 26.7 Å². The van der Waals surface area contributed by atoms with Crippen molar-refractivity contribution in [3.8, 4) is 0 Å². The summed E-state index contributed by atoms with van der Waals surface area (Å²) in [4.78, 5) is 24.6. The molecule has 18 heavy (non-hydrogen) atoms. The summed E-state index contributed by atoms with van der Waals surface area (Å²) in [6.45, 7) is 5.68. The third-order valence-corrected chi connectivity index (χ3v) is 2.82. The summed E-state index contributed by atoms with van der Waals surface area (Å²) in [6.07, 6.45) is 3.83. The highest BCUT2D eigenvalue weighted by atomic mass is 16.4. The molecule has 5 heteroatoms. The molecule has 0 saturated heterocycles. The first-order valence-electron chi connectivity index (χ1n) is 6.71. The smallest absolute Gasteiger partial charge is 0.326 e. The molecule has 0 aromatic heterocycles. The van der Waals surface area contributed by atoms with Crippen LogP contribution in [0.1, 0.15) is 46.0 Å². The Bertz CT molecular complexity index is 257. The van der Waals surface area contributed by atoms with Crippen LogP contribution in [0.15, 0.2) is 0 Å². The van der Waals surface area contributed by atoms with Crippen molar-refractivity contribution in [2.45, 2.75) is 52.0 Å². The summed E-state index contributed by atoms with van der Waals surface area (Å²) >= 11 is 0. The number of aliphatic carboxylic acids is 1. The Hall–Kier alpha value is -1.10. The molecule has 1 unspecified atom stereocenters. The molecule has 0 radical (unpaired) electrons. The molecule has 0 aliphatic heterocycles. The fourth-order valence-electron chi connectivity index (χ4n) is 1.64. The minimum atomic E-state index is -0.954. The van der Waals surface area contributed by atoms with E-state index in [0.717, 1.165) is 25.8 Å². The number of carbonyl (C=O) groups is 2. The molecule has 2 N–H and O–H groups in total. The van der Waals surface area contributed by atoms with Gasteiger partial charge in [0.25, 0.3) is 0 Å². The van der Waals surface area contributed by atoms with Crippen molar-refractivity contribution in [3.63, 3.8) is 0 Å². The van der Waals surface area contributed by atoms with Crippen LogP contribution in [0, 0.1) is 0 Å². The molecule has 0 aromatic carbocycles. The van der Waals surface area contributed by atoms with E-state index in [4.69, 9.17) is 5.11 Å². The molecule has 1 atom stereocenters. The van der Waals surface area contributed by atoms with Crippen molar-refractivity contribution in [1.29, 1.82) is 0 Å². The van der Waals surface area contributed by atoms with Crippen LogP contribution in [0.5, 0.6) is 0 Å². The number of carbonyl (C=O) groups excluding carboxylic acids is 1. The maximum atomic E-state index is 11.6. The number of carboxylic acid groups (broad SMARTS) is 1. The van der Waals surface area contributed by atoms with E-state index in [1.807, 2.05) is 14.0 Å². The maximum absolute atomic E-state index is 11.6. The molecule has 0 aromatic rings. The number of hydrogen-bond acceptors (Lipinski definition) is 3. The molecule has 1 amide bonds. The Morgan fingerprint density at radius 1 is 1.22 bits per heavy atom. The lowest BCUT2D eigenvalue weighted by Gasteiger charge is -2.17. The van der Waals surface area contributed by atoms with Gasteiger partial charge in [-0.05, 0) is 26.4 Å². The number of nitrogens with one attached hydrogen (secondary N) is 1. The fourth-order valence-corrected chi connectivity index (χ4v) is 1.64. The van der Waals surface area contributed by atoms with Gasteiger partial charge in [0.15, 0.2) is 0 Å². The van der Waals surface area contributed by atoms with Gasteiger partial charge in [0.2, 0.25) is 5.91 Å². The van der Waals surface area contributed by atoms with Gasteiger partial charge in [-0.2, -0.15) is 0 Å². The highest BCUT2D eigenvalue weighted by molar-refractivity contribution is 5.83. The summed E-state index contributed by atoms with van der Waals surface area (Å²) in [5, 5.41) is 11.5. The molecule has 0 aliphatic rings. The van der Waals surface area contributed by atoms with E-state index >= 15 is 0 Å². The summed E-state index contributed by atoms with van der Waals surface area (Å²) in [6, 6.07) is -0.747. The second-order valence-corrected chi connectivity index (χ2v) is 4.65. The van der Waals surface area contributed by atoms with E-state index < -0.39 is 12.0 Å². The number of hydrogen-bond donors (Lipinski definition) is 2. The Balaban J connectivity index is 3.90. The summed E-state index contributed by atoms with van der Waals surface area (Å²) < 4.78 is 0. The van der Waals surface area contributed by atoms with Crippen molar-refractivity contribution in [3.05, 3.63) is 0 Å². The molecular formula is C13H26N2O3. The first-order valence-corrected chi connectivity index (χ1v) is 6.71. The zero-order valence-electron chi connectivity index (χ0n) is 11.7. The van der Waals surface area contributed by atoms with Crippen LogP contribution in [-0.2, 0) is 9.59 Å². The molecule has 0 heterocycles. The molecule has 0 saturated carbocycles. The van der Waals surface area contributed by atoms with Gasteiger partial charge >= 0.3 is 5.97 Å². The summed E-state index contributed by atoms with van der Waals surface area (Å²) in [7, 11) is 1.98. The van der Waals surface area contributed by atoms with Gasteiger partial charge in [0.1, 0.15) is 6.04 Å². The van der Waals surface area contributed by atoms with Gasteiger partial charge in [-0.25, -0.2) is 4.79 Å². The Kier molecular flexibility index (Phi) is 9.28. The highest BCUT2D eigenvalue weighted by Crippen LogP contribution is 1.99. The fraction of sp³-hybridized carbons (Fsp3) is 0.846. The zero-order valence-corrected chi connectivity index (χ0v) is 11.7. The largest absolute Gasteiger partial charge is 0.480 e. The van der Waals surface area contributed by atoms with Crippen LogP contribution in [-0.4, -0.2) is 48.1 Å². The van der Waals surface area contributed by atoms with E-state index in [1.165, 1.54) is 0 Å². The molecule has 0 rings (SSSR count). The maximum Gasteiger partial charge on any atom is 0.326 e. The predicted molar refractivity (Wildman–Crippen MR) is 71.5 cm³/mol. The molecule has 0 bridgehead atoms. The topological polar surface area (TPSA) is 69.6 Å². The van der Waals surface area contributed by atoms with Gasteiger partial charge in [-0.15, -0.1) is 0 Å². The van der Waals surface area contributed by atoms with Crippen LogP contribution in [0.3, 0.4) is 0 Å². The number of unbranched alkanes of at least 4 members (excludes halogenated alkanes) is 1. The summed E-state index contributed by atoms with van der Waals surface area (Å²) in [5.74, 6) is -1.14. The van der Waals surface area contributed by atoms with E-state index in [9.17, 15) is 9.59 Å². The third-order valence-electron chi connectivity index (χ3n) is 2.82. The molecule has 0 fully saturated rings. The lowest BCUT2D eigenvalue weighted by atomic mass is 10.1. The van der Waals surface area contributed by atoms with E-state index in [1.54, 1.807) is 0 Å². The van der Waals surface area contributed by atoms with Gasteiger partial charge in [0.05, 0.1) is 0 Å². The lowest BCUT2D eigenvalue weighted by molar-refractivity contribution is -0.142. The van der Waals surface area contributed by atoms with Gasteiger partial charge < -0.3 is 15.3 Å². The monoisotopic (exact) mass is 258 g/mol. The second-order valence-electron chi connectivity index (χ2n) is 4.65. The third kappa shape index (κ3) is 8.06. The molecule has 106 valence electrons. The van der Waals surface area contributed by atoms with Crippen molar-refractivity contribution in [2.24, 2.45) is 0 Å². The van der Waals surface area contributed by atoms with Crippen LogP contribution in [0.2, 0.25) is 0 Å². The highest BCUT2D eigenvalue weighted by Gasteiger charge is 2.18. The van der Waals surface area contributed by atoms with Gasteiger partial charge in [0, 0.05) is 13.0 Å². The molecular weight excluding hydrogens is 232 g/mol. The van der Waals surface area contributed by atoms with Crippen LogP contribution >= 0.6 is 0 Å². The SMILES string of the molecule is CCCCN(C)CCC(=O)NC(CCC)C(=O)O. The van der Waals surface area contributed by atoms with Crippen LogP contribution < -0.4 is 5.32 Å². The minimum Gasteiger partial charge on any atom is -0.480 e. The van der Waals surface area contributed by atoms with E-state index in [2.05, 4.69) is 17.1 Å². The van der Waals surface area contributed by atoms with Gasteiger partial charge in [-0.3, -0.25) is 4.79 Å². The van der Waals surface area contributed by atoms with E-state index in [0.29, 0.717) is 19.4 Å². The minimum absolute atomic E-state index is 0.181. The number of nitrogens with zero attached hydrogens (tertiary/aromatic N) is 1. The Morgan fingerprint density at radius 3 is 2.39 bits per heavy atom. The number of amides is 1. The number of rotatable bonds is 10. The first kappa shape index (κ1) is 16.9. The Morgan fingerprint density at radius 2 is 1.89 bits per heavy atom. The lowest BCUT2D eigenvalue weighted by Crippen LogP contribution is -2.41. The number of carboxylic acids is 1. The quantitative estimate of drug-likeness (QED) is 0.622. The average molecular weight is 258 g/mol. The molecule has 5 nitrogen and oxygen atoms in total.